The molecule has 0 aliphatic rings. The van der Waals surface area contributed by atoms with Crippen LogP contribution in [0.2, 0.25) is 0 Å². The van der Waals surface area contributed by atoms with E-state index < -0.39 is 13.7 Å². The van der Waals surface area contributed by atoms with Crippen LogP contribution in [0.3, 0.4) is 0 Å². The Morgan fingerprint density at radius 1 is 0.706 bits per heavy atom. The Hall–Kier alpha value is -7.10. The zero-order valence-electron chi connectivity index (χ0n) is 44.9. The van der Waals surface area contributed by atoms with E-state index in [1.165, 1.54) is 11.6 Å². The maximum atomic E-state index is 9.48. The predicted molar refractivity (Wildman–Crippen MR) is 275 cm³/mol. The molecule has 0 saturated carbocycles. The average Bonchev–Trinajstić information content (AvgIpc) is 4.05. The summed E-state index contributed by atoms with van der Waals surface area (Å²) in [6.45, 7) is 10.0. The predicted octanol–water partition coefficient (Wildman–Crippen LogP) is 16.5. The maximum absolute atomic E-state index is 9.48. The van der Waals surface area contributed by atoms with Gasteiger partial charge < -0.3 is 18.4 Å². The van der Waals surface area contributed by atoms with Gasteiger partial charge in [0.2, 0.25) is 0 Å². The fourth-order valence-corrected chi connectivity index (χ4v) is 9.00. The summed E-state index contributed by atoms with van der Waals surface area (Å²) in [4.78, 5) is 9.65. The molecule has 0 N–H and O–H groups in total. The minimum absolute atomic E-state index is 0. The fourth-order valence-electron chi connectivity index (χ4n) is 9.00. The normalized spacial score (nSPS) is 13.4. The number of aromatic nitrogens is 3. The van der Waals surface area contributed by atoms with Gasteiger partial charge in [0.1, 0.15) is 16.7 Å². The molecule has 7 aromatic carbocycles. The Morgan fingerprint density at radius 3 is 2.09 bits per heavy atom. The Morgan fingerprint density at radius 2 is 1.43 bits per heavy atom. The van der Waals surface area contributed by atoms with Gasteiger partial charge in [-0.1, -0.05) is 121 Å². The van der Waals surface area contributed by atoms with Gasteiger partial charge in [0.25, 0.3) is 0 Å². The van der Waals surface area contributed by atoms with E-state index in [4.69, 9.17) is 22.0 Å². The van der Waals surface area contributed by atoms with Gasteiger partial charge in [-0.15, -0.1) is 53.6 Å². The molecule has 0 unspecified atom stereocenters. The summed E-state index contributed by atoms with van der Waals surface area (Å²) in [5.74, 6) is 0.389. The molecule has 11 aromatic rings. The van der Waals surface area contributed by atoms with Gasteiger partial charge in [0.15, 0.2) is 0 Å². The van der Waals surface area contributed by atoms with Gasteiger partial charge in [-0.05, 0) is 112 Å². The summed E-state index contributed by atoms with van der Waals surface area (Å²) < 4.78 is 66.6. The number of hydrogen-bond acceptors (Lipinski definition) is 5. The van der Waals surface area contributed by atoms with Crippen LogP contribution < -0.4 is 0 Å². The molecule has 0 amide bonds. The molecule has 0 aliphatic carbocycles. The van der Waals surface area contributed by atoms with Crippen LogP contribution in [0.15, 0.2) is 148 Å². The number of rotatable bonds is 6. The molecule has 0 aliphatic heterocycles. The van der Waals surface area contributed by atoms with Crippen molar-refractivity contribution in [1.29, 1.82) is 5.26 Å². The van der Waals surface area contributed by atoms with Crippen molar-refractivity contribution >= 4 is 54.9 Å². The van der Waals surface area contributed by atoms with Crippen LogP contribution in [-0.4, -0.2) is 14.5 Å². The van der Waals surface area contributed by atoms with Crippen LogP contribution in [0.4, 0.5) is 0 Å². The van der Waals surface area contributed by atoms with Crippen molar-refractivity contribution in [2.24, 2.45) is 0 Å². The molecule has 7 heteroatoms. The summed E-state index contributed by atoms with van der Waals surface area (Å²) in [6.07, 6.45) is 1.95. The van der Waals surface area contributed by atoms with Crippen LogP contribution >= 0.6 is 0 Å². The maximum Gasteiger partial charge on any atom is 0.136 e. The van der Waals surface area contributed by atoms with Crippen LogP contribution in [0.1, 0.15) is 102 Å². The van der Waals surface area contributed by atoms with E-state index in [0.717, 1.165) is 50.0 Å². The molecule has 0 spiro atoms. The molecule has 11 rings (SSSR count). The smallest absolute Gasteiger partial charge is 0.136 e. The average molecular weight is 1070 g/mol. The molecule has 68 heavy (non-hydrogen) atoms. The number of nitrogens with zero attached hydrogens (tertiary/aromatic N) is 4. The van der Waals surface area contributed by atoms with Crippen molar-refractivity contribution < 1.29 is 37.2 Å². The fraction of sp³-hybridized carbons (Fsp3) is 0.197. The van der Waals surface area contributed by atoms with Gasteiger partial charge in [-0.3, -0.25) is 4.98 Å². The zero-order valence-corrected chi connectivity index (χ0v) is 41.3. The van der Waals surface area contributed by atoms with E-state index in [9.17, 15) is 5.26 Å². The molecule has 0 atom stereocenters. The van der Waals surface area contributed by atoms with Gasteiger partial charge in [-0.2, -0.15) is 5.26 Å². The molecule has 6 nitrogen and oxygen atoms in total. The molecule has 0 saturated heterocycles. The van der Waals surface area contributed by atoms with Crippen molar-refractivity contribution in [2.75, 3.05) is 0 Å². The summed E-state index contributed by atoms with van der Waals surface area (Å²) in [6, 6.07) is 50.7. The van der Waals surface area contributed by atoms with Gasteiger partial charge >= 0.3 is 0 Å². The summed E-state index contributed by atoms with van der Waals surface area (Å²) in [5, 5.41) is 11.9. The standard InChI is InChI=1S/C46H36N3O2.C15H16N.Ir/c1-25(2)34-20-31(30-12-8-7-9-13-30)21-35(26(3)4)44(34)49-43-28(6)11-10-14-38(43)48-46(49)33-17-15-27(5)42-37-23-40-36(22-41(37)51-45(33)42)32-18-16-29(24-47)19-39(32)50-40;1-15(2,3)13-9-10-14(16-11-13)12-7-5-4-6-8-12;/h7-16,18-23,25-26H,1-6H3;4-7,9-11H,1-3H3;/q2*-1;/i5D3,6D3;;. The number of hydrogen-bond donors (Lipinski definition) is 0. The minimum atomic E-state index is -2.54. The van der Waals surface area contributed by atoms with Crippen LogP contribution in [0.25, 0.3) is 94.4 Å². The van der Waals surface area contributed by atoms with Crippen LogP contribution in [0.5, 0.6) is 0 Å². The number of furan rings is 2. The second kappa shape index (κ2) is 18.2. The molecule has 4 aromatic heterocycles. The Kier molecular flexibility index (Phi) is 10.4. The number of fused-ring (bicyclic) bond motifs is 7. The third-order valence-corrected chi connectivity index (χ3v) is 12.5. The van der Waals surface area contributed by atoms with Crippen molar-refractivity contribution in [2.45, 2.75) is 79.4 Å². The number of benzene rings is 7. The third-order valence-electron chi connectivity index (χ3n) is 12.5. The SMILES string of the molecule is CC(C)(C)c1ccc(-c2[c-]cccc2)nc1.[2H]C([2H])([2H])c1c[c-]c(-c2nc3cccc(C([2H])([2H])[2H])c3n2-c2c(C(C)C)cc(-c3ccccc3)cc2C(C)C)c2oc3cc4c(cc3c12)oc1cc(C#N)ccc14.[Ir]. The Bertz CT molecular complexity index is 3900. The molecular weight excluding hydrogens is 1010 g/mol. The van der Waals surface area contributed by atoms with Crippen molar-refractivity contribution in [1.82, 2.24) is 14.5 Å². The van der Waals surface area contributed by atoms with Crippen LogP contribution in [-0.2, 0) is 25.5 Å². The molecule has 4 heterocycles. The number of aryl methyl sites for hydroxylation is 2. The molecule has 0 fully saturated rings. The van der Waals surface area contributed by atoms with Crippen molar-refractivity contribution in [3.05, 3.63) is 185 Å². The van der Waals surface area contributed by atoms with Gasteiger partial charge in [0, 0.05) is 56.4 Å². The monoisotopic (exact) mass is 1070 g/mol. The van der Waals surface area contributed by atoms with E-state index in [1.807, 2.05) is 65.4 Å². The summed E-state index contributed by atoms with van der Waals surface area (Å²) in [7, 11) is 0. The molecule has 1 radical (unpaired) electrons. The van der Waals surface area contributed by atoms with E-state index in [-0.39, 0.29) is 54.1 Å². The van der Waals surface area contributed by atoms with E-state index in [1.54, 1.807) is 36.4 Å². The quantitative estimate of drug-likeness (QED) is 0.155. The Balaban J connectivity index is 0.000000338. The number of imidazole rings is 1. The number of pyridine rings is 1. The first-order valence-corrected chi connectivity index (χ1v) is 22.6. The minimum Gasteiger partial charge on any atom is -0.501 e. The number of nitriles is 1. The van der Waals surface area contributed by atoms with E-state index in [2.05, 4.69) is 108 Å². The molecule has 0 bridgehead atoms. The largest absolute Gasteiger partial charge is 0.501 e. The summed E-state index contributed by atoms with van der Waals surface area (Å²) >= 11 is 0. The first-order chi connectivity index (χ1) is 34.7. The number of para-hydroxylation sites is 1. The third kappa shape index (κ3) is 8.23. The molecular formula is C61H52IrN4O2-2. The van der Waals surface area contributed by atoms with Gasteiger partial charge in [0.05, 0.1) is 34.1 Å². The molecule has 339 valence electrons. The van der Waals surface area contributed by atoms with Gasteiger partial charge in [-0.25, -0.2) is 0 Å². The van der Waals surface area contributed by atoms with Crippen LogP contribution in [0, 0.1) is 37.2 Å². The van der Waals surface area contributed by atoms with Crippen molar-refractivity contribution in [3.8, 4) is 45.5 Å². The second-order valence-corrected chi connectivity index (χ2v) is 18.7. The Labute approximate surface area is 420 Å². The first kappa shape index (κ1) is 38.9. The van der Waals surface area contributed by atoms with Crippen molar-refractivity contribution in [3.63, 3.8) is 0 Å². The zero-order chi connectivity index (χ0) is 51.7. The van der Waals surface area contributed by atoms with E-state index in [0.29, 0.717) is 55.5 Å². The first-order valence-electron chi connectivity index (χ1n) is 25.6. The summed E-state index contributed by atoms with van der Waals surface area (Å²) in [5.41, 5.74) is 12.0. The topological polar surface area (TPSA) is 80.8 Å². The van der Waals surface area contributed by atoms with E-state index >= 15 is 0 Å². The second-order valence-electron chi connectivity index (χ2n) is 18.7.